The summed E-state index contributed by atoms with van der Waals surface area (Å²) in [5.74, 6) is 1.90. The molecule has 0 nitrogen and oxygen atoms in total. The van der Waals surface area contributed by atoms with Crippen LogP contribution in [0, 0.1) is 11.8 Å². The second-order valence-corrected chi connectivity index (χ2v) is 4.73. The maximum absolute atomic E-state index is 2.46. The monoisotopic (exact) mass is 194 g/mol. The molecule has 1 fully saturated rings. The van der Waals surface area contributed by atoms with Gasteiger partial charge in [0.05, 0.1) is 0 Å². The van der Waals surface area contributed by atoms with Gasteiger partial charge in [-0.3, -0.25) is 0 Å². The Kier molecular flexibility index (Phi) is 5.98. The van der Waals surface area contributed by atoms with Crippen molar-refractivity contribution in [2.45, 2.75) is 65.2 Å². The molecule has 0 N–H and O–H groups in total. The summed E-state index contributed by atoms with van der Waals surface area (Å²) >= 11 is 0. The fraction of sp³-hybridized carbons (Fsp3) is 0.857. The fourth-order valence-corrected chi connectivity index (χ4v) is 2.74. The normalized spacial score (nSPS) is 21.6. The van der Waals surface area contributed by atoms with Crippen molar-refractivity contribution in [2.24, 2.45) is 11.8 Å². The summed E-state index contributed by atoms with van der Waals surface area (Å²) in [7, 11) is 0. The summed E-state index contributed by atoms with van der Waals surface area (Å²) in [6, 6.07) is 0. The molecular formula is C14H26. The van der Waals surface area contributed by atoms with Crippen LogP contribution in [0.1, 0.15) is 65.2 Å². The maximum Gasteiger partial charge on any atom is -0.0205 e. The zero-order valence-electron chi connectivity index (χ0n) is 9.97. The van der Waals surface area contributed by atoms with Gasteiger partial charge < -0.3 is 0 Å². The predicted molar refractivity (Wildman–Crippen MR) is 64.4 cm³/mol. The molecule has 1 aliphatic carbocycles. The Hall–Kier alpha value is -0.260. The van der Waals surface area contributed by atoms with Crippen LogP contribution in [-0.4, -0.2) is 0 Å². The molecule has 0 bridgehead atoms. The molecule has 1 rings (SSSR count). The van der Waals surface area contributed by atoms with Gasteiger partial charge in [-0.1, -0.05) is 51.2 Å². The van der Waals surface area contributed by atoms with Crippen LogP contribution >= 0.6 is 0 Å². The van der Waals surface area contributed by atoms with Crippen LogP contribution in [0.3, 0.4) is 0 Å². The number of unbranched alkanes of at least 4 members (excludes halogenated alkanes) is 1. The summed E-state index contributed by atoms with van der Waals surface area (Å²) in [5.41, 5.74) is 0. The molecule has 1 unspecified atom stereocenters. The Bertz CT molecular complexity index is 151. The van der Waals surface area contributed by atoms with Crippen molar-refractivity contribution in [3.63, 3.8) is 0 Å². The minimum absolute atomic E-state index is 0.889. The topological polar surface area (TPSA) is 0 Å². The number of allylic oxidation sites excluding steroid dienone is 2. The average Bonchev–Trinajstić information content (AvgIpc) is 2.25. The average molecular weight is 194 g/mol. The smallest absolute Gasteiger partial charge is 0.0205 e. The first-order chi connectivity index (χ1) is 6.88. The summed E-state index contributed by atoms with van der Waals surface area (Å²) in [4.78, 5) is 0. The molecule has 0 aliphatic heterocycles. The summed E-state index contributed by atoms with van der Waals surface area (Å²) in [6.07, 6.45) is 16.3. The molecule has 0 saturated heterocycles. The standard InChI is InChI=1S/C14H26/c1-3-5-10-13(9-4-2)14-11-7-6-8-12-14/h4,9,13-14H,3,5-8,10-12H2,1-2H3/b9-4+. The van der Waals surface area contributed by atoms with Gasteiger partial charge in [0, 0.05) is 0 Å². The largest absolute Gasteiger partial charge is 0.0914 e. The molecule has 14 heavy (non-hydrogen) atoms. The highest BCUT2D eigenvalue weighted by Crippen LogP contribution is 2.33. The van der Waals surface area contributed by atoms with Crippen LogP contribution in [0.2, 0.25) is 0 Å². The van der Waals surface area contributed by atoms with Crippen molar-refractivity contribution in [3.8, 4) is 0 Å². The van der Waals surface area contributed by atoms with Crippen LogP contribution in [-0.2, 0) is 0 Å². The molecule has 0 heterocycles. The highest BCUT2D eigenvalue weighted by Gasteiger charge is 2.20. The van der Waals surface area contributed by atoms with E-state index in [4.69, 9.17) is 0 Å². The molecule has 0 aromatic rings. The van der Waals surface area contributed by atoms with E-state index in [1.54, 1.807) is 0 Å². The van der Waals surface area contributed by atoms with Crippen molar-refractivity contribution >= 4 is 0 Å². The quantitative estimate of drug-likeness (QED) is 0.543. The fourth-order valence-electron chi connectivity index (χ4n) is 2.74. The predicted octanol–water partition coefficient (Wildman–Crippen LogP) is 4.95. The highest BCUT2D eigenvalue weighted by atomic mass is 14.3. The van der Waals surface area contributed by atoms with Crippen LogP contribution in [0.25, 0.3) is 0 Å². The Morgan fingerprint density at radius 1 is 1.21 bits per heavy atom. The van der Waals surface area contributed by atoms with E-state index in [2.05, 4.69) is 26.0 Å². The third-order valence-electron chi connectivity index (χ3n) is 3.59. The van der Waals surface area contributed by atoms with E-state index >= 15 is 0 Å². The van der Waals surface area contributed by atoms with Gasteiger partial charge in [0.2, 0.25) is 0 Å². The SMILES string of the molecule is C/C=C/C(CCCC)C1CCCCC1. The zero-order chi connectivity index (χ0) is 10.2. The van der Waals surface area contributed by atoms with E-state index in [1.807, 2.05) is 0 Å². The van der Waals surface area contributed by atoms with E-state index in [9.17, 15) is 0 Å². The van der Waals surface area contributed by atoms with Gasteiger partial charge >= 0.3 is 0 Å². The lowest BCUT2D eigenvalue weighted by atomic mass is 9.78. The molecule has 82 valence electrons. The van der Waals surface area contributed by atoms with Crippen molar-refractivity contribution in [1.29, 1.82) is 0 Å². The first-order valence-electron chi connectivity index (χ1n) is 6.51. The van der Waals surface area contributed by atoms with Crippen molar-refractivity contribution < 1.29 is 0 Å². The molecule has 1 saturated carbocycles. The third kappa shape index (κ3) is 3.86. The van der Waals surface area contributed by atoms with Crippen LogP contribution < -0.4 is 0 Å². The van der Waals surface area contributed by atoms with Gasteiger partial charge in [0.1, 0.15) is 0 Å². The van der Waals surface area contributed by atoms with Crippen molar-refractivity contribution in [1.82, 2.24) is 0 Å². The second-order valence-electron chi connectivity index (χ2n) is 4.73. The highest BCUT2D eigenvalue weighted by molar-refractivity contribution is 4.90. The molecular weight excluding hydrogens is 168 g/mol. The minimum Gasteiger partial charge on any atom is -0.0914 e. The second kappa shape index (κ2) is 7.09. The zero-order valence-corrected chi connectivity index (χ0v) is 9.97. The van der Waals surface area contributed by atoms with Crippen LogP contribution in [0.4, 0.5) is 0 Å². The van der Waals surface area contributed by atoms with E-state index in [0.29, 0.717) is 0 Å². The van der Waals surface area contributed by atoms with Crippen molar-refractivity contribution in [2.75, 3.05) is 0 Å². The Labute approximate surface area is 89.8 Å². The molecule has 0 aromatic heterocycles. The van der Waals surface area contributed by atoms with E-state index in [1.165, 1.54) is 51.4 Å². The summed E-state index contributed by atoms with van der Waals surface area (Å²) in [6.45, 7) is 4.47. The van der Waals surface area contributed by atoms with Crippen molar-refractivity contribution in [3.05, 3.63) is 12.2 Å². The molecule has 0 heteroatoms. The van der Waals surface area contributed by atoms with Gasteiger partial charge in [-0.15, -0.1) is 0 Å². The summed E-state index contributed by atoms with van der Waals surface area (Å²) < 4.78 is 0. The Morgan fingerprint density at radius 2 is 1.93 bits per heavy atom. The van der Waals surface area contributed by atoms with E-state index in [0.717, 1.165) is 11.8 Å². The number of hydrogen-bond acceptors (Lipinski definition) is 0. The van der Waals surface area contributed by atoms with Gasteiger partial charge in [-0.2, -0.15) is 0 Å². The lowest BCUT2D eigenvalue weighted by Gasteiger charge is -2.28. The number of hydrogen-bond donors (Lipinski definition) is 0. The van der Waals surface area contributed by atoms with Gasteiger partial charge in [-0.05, 0) is 38.0 Å². The first-order valence-corrected chi connectivity index (χ1v) is 6.51. The Balaban J connectivity index is 2.38. The molecule has 1 atom stereocenters. The van der Waals surface area contributed by atoms with E-state index in [-0.39, 0.29) is 0 Å². The first kappa shape index (κ1) is 11.8. The molecule has 0 aromatic carbocycles. The lowest BCUT2D eigenvalue weighted by molar-refractivity contribution is 0.271. The van der Waals surface area contributed by atoms with Crippen LogP contribution in [0.15, 0.2) is 12.2 Å². The lowest BCUT2D eigenvalue weighted by Crippen LogP contribution is -2.16. The van der Waals surface area contributed by atoms with Crippen LogP contribution in [0.5, 0.6) is 0 Å². The molecule has 1 aliphatic rings. The maximum atomic E-state index is 2.46. The Morgan fingerprint density at radius 3 is 2.50 bits per heavy atom. The third-order valence-corrected chi connectivity index (χ3v) is 3.59. The molecule has 0 radical (unpaired) electrons. The minimum atomic E-state index is 0.889. The molecule has 0 spiro atoms. The van der Waals surface area contributed by atoms with Gasteiger partial charge in [-0.25, -0.2) is 0 Å². The summed E-state index contributed by atoms with van der Waals surface area (Å²) in [5, 5.41) is 0. The van der Waals surface area contributed by atoms with E-state index < -0.39 is 0 Å². The molecule has 0 amide bonds. The number of rotatable bonds is 5. The van der Waals surface area contributed by atoms with Gasteiger partial charge in [0.15, 0.2) is 0 Å². The van der Waals surface area contributed by atoms with Gasteiger partial charge in [0.25, 0.3) is 0 Å².